The second-order valence-corrected chi connectivity index (χ2v) is 4.61. The Bertz CT molecular complexity index is 740. The van der Waals surface area contributed by atoms with E-state index in [4.69, 9.17) is 9.36 Å². The minimum Gasteiger partial charge on any atom is -0.383 e. The van der Waals surface area contributed by atoms with Gasteiger partial charge in [0, 0.05) is 12.1 Å². The van der Waals surface area contributed by atoms with Crippen LogP contribution in [0.5, 0.6) is 0 Å². The molecule has 1 unspecified atom stereocenters. The van der Waals surface area contributed by atoms with Crippen LogP contribution in [0.25, 0.3) is 0 Å². The van der Waals surface area contributed by atoms with Gasteiger partial charge in [-0.2, -0.15) is 0 Å². The number of nitro groups is 1. The molecule has 2 rings (SSSR count). The van der Waals surface area contributed by atoms with Crippen molar-refractivity contribution in [3.8, 4) is 0 Å². The molecule has 0 aliphatic heterocycles. The number of para-hydroxylation sites is 1. The number of hydrogen-bond acceptors (Lipinski definition) is 7. The predicted molar refractivity (Wildman–Crippen MR) is 81.1 cm³/mol. The smallest absolute Gasteiger partial charge is 0.278 e. The van der Waals surface area contributed by atoms with Crippen molar-refractivity contribution in [3.63, 3.8) is 0 Å². The summed E-state index contributed by atoms with van der Waals surface area (Å²) in [6, 6.07) is 7.61. The molecule has 0 spiro atoms. The second-order valence-electron chi connectivity index (χ2n) is 4.61. The number of nitrogens with zero attached hydrogens (tertiary/aromatic N) is 3. The molecule has 1 N–H and O–H groups in total. The van der Waals surface area contributed by atoms with Crippen molar-refractivity contribution >= 4 is 23.6 Å². The van der Waals surface area contributed by atoms with Gasteiger partial charge in [0.2, 0.25) is 6.10 Å². The van der Waals surface area contributed by atoms with Crippen LogP contribution in [-0.4, -0.2) is 28.3 Å². The highest BCUT2D eigenvalue weighted by Gasteiger charge is 2.16. The molecule has 1 heterocycles. The zero-order valence-corrected chi connectivity index (χ0v) is 12.4. The number of nitrogens with one attached hydrogen (secondary N) is 1. The lowest BCUT2D eigenvalue weighted by Crippen LogP contribution is -2.26. The maximum atomic E-state index is 11.8. The normalized spacial score (nSPS) is 12.1. The van der Waals surface area contributed by atoms with E-state index in [-0.39, 0.29) is 17.1 Å². The van der Waals surface area contributed by atoms with Gasteiger partial charge >= 0.3 is 0 Å². The average molecular weight is 318 g/mol. The number of carbonyl (C=O) groups excluding carboxylic acids is 1. The van der Waals surface area contributed by atoms with E-state index in [0.717, 1.165) is 0 Å². The molecule has 1 amide bonds. The summed E-state index contributed by atoms with van der Waals surface area (Å²) in [6.07, 6.45) is 0.272. The molecule has 0 aliphatic rings. The standard InChI is InChI=1S/C14H14N4O5/c1-9-7-13(17-22-9)16-14(19)10(2)23-15-8-11-5-3-4-6-12(11)18(20)21/h3-8,10H,1-2H3,(H,16,17,19). The summed E-state index contributed by atoms with van der Waals surface area (Å²) in [5.41, 5.74) is 0.173. The molecule has 0 saturated carbocycles. The number of benzene rings is 1. The van der Waals surface area contributed by atoms with E-state index in [0.29, 0.717) is 5.76 Å². The van der Waals surface area contributed by atoms with Crippen LogP contribution in [0, 0.1) is 17.0 Å². The van der Waals surface area contributed by atoms with Gasteiger partial charge in [-0.15, -0.1) is 0 Å². The highest BCUT2D eigenvalue weighted by Crippen LogP contribution is 2.15. The number of oxime groups is 1. The molecule has 9 nitrogen and oxygen atoms in total. The number of rotatable bonds is 6. The largest absolute Gasteiger partial charge is 0.383 e. The van der Waals surface area contributed by atoms with Crippen molar-refractivity contribution in [3.05, 3.63) is 51.8 Å². The molecule has 2 aromatic rings. The van der Waals surface area contributed by atoms with Crippen LogP contribution in [-0.2, 0) is 9.63 Å². The Morgan fingerprint density at radius 3 is 2.91 bits per heavy atom. The van der Waals surface area contributed by atoms with Gasteiger partial charge in [0.05, 0.1) is 16.7 Å². The summed E-state index contributed by atoms with van der Waals surface area (Å²) in [5, 5.41) is 20.6. The van der Waals surface area contributed by atoms with E-state index in [2.05, 4.69) is 15.6 Å². The van der Waals surface area contributed by atoms with Crippen LogP contribution in [0.4, 0.5) is 11.5 Å². The van der Waals surface area contributed by atoms with Gasteiger partial charge in [-0.3, -0.25) is 14.9 Å². The molecule has 1 aromatic heterocycles. The maximum absolute atomic E-state index is 11.8. The quantitative estimate of drug-likeness (QED) is 0.495. The van der Waals surface area contributed by atoms with Crippen LogP contribution < -0.4 is 5.32 Å². The first-order valence-corrected chi connectivity index (χ1v) is 6.64. The summed E-state index contributed by atoms with van der Waals surface area (Å²) in [6.45, 7) is 3.18. The van der Waals surface area contributed by atoms with Crippen molar-refractivity contribution in [1.29, 1.82) is 0 Å². The molecular formula is C14H14N4O5. The average Bonchev–Trinajstić information content (AvgIpc) is 2.92. The Hall–Kier alpha value is -3.23. The summed E-state index contributed by atoms with van der Waals surface area (Å²) >= 11 is 0. The first-order valence-electron chi connectivity index (χ1n) is 6.64. The fourth-order valence-electron chi connectivity index (χ4n) is 1.64. The molecule has 0 aliphatic carbocycles. The Labute approximate surface area is 131 Å². The predicted octanol–water partition coefficient (Wildman–Crippen LogP) is 2.27. The Morgan fingerprint density at radius 2 is 2.26 bits per heavy atom. The third kappa shape index (κ3) is 4.37. The first kappa shape index (κ1) is 16.1. The van der Waals surface area contributed by atoms with Gasteiger partial charge < -0.3 is 14.7 Å². The van der Waals surface area contributed by atoms with E-state index in [1.165, 1.54) is 25.3 Å². The maximum Gasteiger partial charge on any atom is 0.278 e. The first-order chi connectivity index (χ1) is 11.0. The highest BCUT2D eigenvalue weighted by atomic mass is 16.6. The molecule has 0 radical (unpaired) electrons. The Morgan fingerprint density at radius 1 is 1.52 bits per heavy atom. The second kappa shape index (κ2) is 7.16. The summed E-state index contributed by atoms with van der Waals surface area (Å²) in [5.74, 6) is 0.354. The van der Waals surface area contributed by atoms with Gasteiger partial charge in [-0.05, 0) is 19.9 Å². The number of hydrogen-bond donors (Lipinski definition) is 1. The number of anilines is 1. The molecule has 1 atom stereocenters. The zero-order chi connectivity index (χ0) is 16.8. The third-order valence-corrected chi connectivity index (χ3v) is 2.79. The molecule has 0 saturated heterocycles. The van der Waals surface area contributed by atoms with Gasteiger partial charge in [0.25, 0.3) is 11.6 Å². The number of carbonyl (C=O) groups is 1. The molecule has 0 fully saturated rings. The lowest BCUT2D eigenvalue weighted by Gasteiger charge is -2.08. The van der Waals surface area contributed by atoms with Crippen LogP contribution in [0.15, 0.2) is 40.0 Å². The molecule has 23 heavy (non-hydrogen) atoms. The van der Waals surface area contributed by atoms with Crippen LogP contribution in [0.1, 0.15) is 18.2 Å². The number of amides is 1. The third-order valence-electron chi connectivity index (χ3n) is 2.79. The van der Waals surface area contributed by atoms with Crippen LogP contribution >= 0.6 is 0 Å². The van der Waals surface area contributed by atoms with E-state index in [1.54, 1.807) is 25.1 Å². The van der Waals surface area contributed by atoms with Gasteiger partial charge in [-0.1, -0.05) is 22.4 Å². The van der Waals surface area contributed by atoms with E-state index < -0.39 is 16.9 Å². The molecule has 9 heteroatoms. The number of aryl methyl sites for hydroxylation is 1. The van der Waals surface area contributed by atoms with Crippen molar-refractivity contribution < 1.29 is 19.1 Å². The zero-order valence-electron chi connectivity index (χ0n) is 12.4. The van der Waals surface area contributed by atoms with Crippen LogP contribution in [0.3, 0.4) is 0 Å². The Balaban J connectivity index is 1.94. The van der Waals surface area contributed by atoms with Gasteiger partial charge in [-0.25, -0.2) is 0 Å². The molecule has 0 bridgehead atoms. The van der Waals surface area contributed by atoms with Crippen molar-refractivity contribution in [2.24, 2.45) is 5.16 Å². The monoisotopic (exact) mass is 318 g/mol. The Kier molecular flexibility index (Phi) is 5.03. The van der Waals surface area contributed by atoms with E-state index in [9.17, 15) is 14.9 Å². The highest BCUT2D eigenvalue weighted by molar-refractivity contribution is 5.93. The lowest BCUT2D eigenvalue weighted by molar-refractivity contribution is -0.385. The van der Waals surface area contributed by atoms with Crippen molar-refractivity contribution in [2.45, 2.75) is 20.0 Å². The molecule has 120 valence electrons. The minimum atomic E-state index is -0.911. The number of nitro benzene ring substituents is 1. The van der Waals surface area contributed by atoms with E-state index >= 15 is 0 Å². The van der Waals surface area contributed by atoms with Crippen molar-refractivity contribution in [2.75, 3.05) is 5.32 Å². The topological polar surface area (TPSA) is 120 Å². The summed E-state index contributed by atoms with van der Waals surface area (Å²) < 4.78 is 4.82. The van der Waals surface area contributed by atoms with E-state index in [1.807, 2.05) is 0 Å². The van der Waals surface area contributed by atoms with Gasteiger partial charge in [0.1, 0.15) is 5.76 Å². The SMILES string of the molecule is Cc1cc(NC(=O)C(C)ON=Cc2ccccc2[N+](=O)[O-])no1. The number of aromatic nitrogens is 1. The fraction of sp³-hybridized carbons (Fsp3) is 0.214. The summed E-state index contributed by atoms with van der Waals surface area (Å²) in [4.78, 5) is 27.2. The minimum absolute atomic E-state index is 0.102. The summed E-state index contributed by atoms with van der Waals surface area (Å²) in [7, 11) is 0. The van der Waals surface area contributed by atoms with Crippen molar-refractivity contribution in [1.82, 2.24) is 5.16 Å². The van der Waals surface area contributed by atoms with Crippen LogP contribution in [0.2, 0.25) is 0 Å². The fourth-order valence-corrected chi connectivity index (χ4v) is 1.64. The lowest BCUT2D eigenvalue weighted by atomic mass is 10.2. The van der Waals surface area contributed by atoms with Gasteiger partial charge in [0.15, 0.2) is 5.82 Å². The molecular weight excluding hydrogens is 304 g/mol. The molecule has 1 aromatic carbocycles.